The van der Waals surface area contributed by atoms with Gasteiger partial charge in [0.1, 0.15) is 0 Å². The molecule has 0 atom stereocenters. The van der Waals surface area contributed by atoms with Crippen LogP contribution in [0, 0.1) is 5.92 Å². The van der Waals surface area contributed by atoms with Gasteiger partial charge in [-0.2, -0.15) is 0 Å². The molecule has 108 valence electrons. The van der Waals surface area contributed by atoms with Crippen molar-refractivity contribution in [2.24, 2.45) is 5.92 Å². The van der Waals surface area contributed by atoms with E-state index < -0.39 is 0 Å². The zero-order chi connectivity index (χ0) is 14.1. The van der Waals surface area contributed by atoms with Crippen LogP contribution in [0.3, 0.4) is 0 Å². The first kappa shape index (κ1) is 14.0. The number of aromatic nitrogens is 4. The second kappa shape index (κ2) is 5.81. The van der Waals surface area contributed by atoms with Crippen molar-refractivity contribution in [3.8, 4) is 0 Å². The lowest BCUT2D eigenvalue weighted by molar-refractivity contribution is 0.474. The van der Waals surface area contributed by atoms with E-state index in [1.165, 1.54) is 14.2 Å². The monoisotopic (exact) mass is 355 g/mol. The molecule has 2 aromatic heterocycles. The molecule has 0 amide bonds. The van der Waals surface area contributed by atoms with Gasteiger partial charge >= 0.3 is 0 Å². The number of nitrogens with zero attached hydrogens (tertiary/aromatic N) is 5. The minimum Gasteiger partial charge on any atom is -0.335 e. The summed E-state index contributed by atoms with van der Waals surface area (Å²) in [7, 11) is 0. The molecule has 0 aromatic carbocycles. The van der Waals surface area contributed by atoms with Crippen molar-refractivity contribution >= 4 is 33.2 Å². The molecule has 0 saturated carbocycles. The summed E-state index contributed by atoms with van der Waals surface area (Å²) in [4.78, 5) is 3.76. The zero-order valence-corrected chi connectivity index (χ0v) is 14.1. The second-order valence-electron chi connectivity index (χ2n) is 5.56. The van der Waals surface area contributed by atoms with Gasteiger partial charge in [0.15, 0.2) is 0 Å². The summed E-state index contributed by atoms with van der Waals surface area (Å²) < 4.78 is 3.15. The van der Waals surface area contributed by atoms with Crippen molar-refractivity contribution < 1.29 is 0 Å². The number of halogens is 1. The van der Waals surface area contributed by atoms with E-state index in [1.807, 2.05) is 16.0 Å². The predicted octanol–water partition coefficient (Wildman–Crippen LogP) is 3.11. The molecule has 0 spiro atoms. The van der Waals surface area contributed by atoms with E-state index in [4.69, 9.17) is 0 Å². The highest BCUT2D eigenvalue weighted by Crippen LogP contribution is 2.32. The van der Waals surface area contributed by atoms with E-state index in [2.05, 4.69) is 56.3 Å². The standard InChI is InChI=1S/C13H18BrN5S/c1-9(2)3-6-19-13(15-16-17-19)18-5-4-11-10(8-18)7-12(14)20-11/h7,9H,3-6,8H2,1-2H3. The van der Waals surface area contributed by atoms with E-state index >= 15 is 0 Å². The third kappa shape index (κ3) is 2.88. The van der Waals surface area contributed by atoms with Crippen LogP contribution in [-0.2, 0) is 19.5 Å². The van der Waals surface area contributed by atoms with Gasteiger partial charge in [0, 0.05) is 24.5 Å². The van der Waals surface area contributed by atoms with Crippen molar-refractivity contribution in [2.75, 3.05) is 11.4 Å². The van der Waals surface area contributed by atoms with Crippen molar-refractivity contribution in [1.29, 1.82) is 0 Å². The summed E-state index contributed by atoms with van der Waals surface area (Å²) in [6.45, 7) is 7.22. The fourth-order valence-corrected chi connectivity index (χ4v) is 4.17. The zero-order valence-electron chi connectivity index (χ0n) is 11.7. The third-order valence-corrected chi connectivity index (χ3v) is 5.29. The minimum absolute atomic E-state index is 0.660. The van der Waals surface area contributed by atoms with Crippen LogP contribution in [0.25, 0.3) is 0 Å². The lowest BCUT2D eigenvalue weighted by atomic mass is 10.1. The Bertz CT molecular complexity index is 591. The third-order valence-electron chi connectivity index (χ3n) is 3.55. The molecule has 3 rings (SSSR count). The average Bonchev–Trinajstić information content (AvgIpc) is 2.99. The number of aryl methyl sites for hydroxylation is 1. The number of rotatable bonds is 4. The Morgan fingerprint density at radius 2 is 2.30 bits per heavy atom. The fraction of sp³-hybridized carbons (Fsp3) is 0.615. The van der Waals surface area contributed by atoms with Gasteiger partial charge in [0.05, 0.1) is 3.79 Å². The number of anilines is 1. The Labute approximate surface area is 131 Å². The first-order chi connectivity index (χ1) is 9.63. The number of hydrogen-bond acceptors (Lipinski definition) is 5. The molecule has 5 nitrogen and oxygen atoms in total. The number of hydrogen-bond donors (Lipinski definition) is 0. The summed E-state index contributed by atoms with van der Waals surface area (Å²) in [6, 6.07) is 2.22. The van der Waals surface area contributed by atoms with Crippen molar-refractivity contribution in [2.45, 2.75) is 39.8 Å². The highest BCUT2D eigenvalue weighted by Gasteiger charge is 2.22. The van der Waals surface area contributed by atoms with Crippen LogP contribution in [0.4, 0.5) is 5.95 Å². The molecule has 7 heteroatoms. The molecular weight excluding hydrogens is 338 g/mol. The van der Waals surface area contributed by atoms with Gasteiger partial charge in [-0.25, -0.2) is 4.68 Å². The first-order valence-electron chi connectivity index (χ1n) is 6.91. The predicted molar refractivity (Wildman–Crippen MR) is 84.0 cm³/mol. The highest BCUT2D eigenvalue weighted by molar-refractivity contribution is 9.11. The molecule has 1 aliphatic rings. The quantitative estimate of drug-likeness (QED) is 0.845. The van der Waals surface area contributed by atoms with E-state index in [0.29, 0.717) is 5.92 Å². The average molecular weight is 356 g/mol. The topological polar surface area (TPSA) is 46.8 Å². The summed E-state index contributed by atoms with van der Waals surface area (Å²) in [5, 5.41) is 12.2. The van der Waals surface area contributed by atoms with E-state index in [9.17, 15) is 0 Å². The molecule has 0 N–H and O–H groups in total. The van der Waals surface area contributed by atoms with Crippen LogP contribution >= 0.6 is 27.3 Å². The summed E-state index contributed by atoms with van der Waals surface area (Å²) >= 11 is 5.41. The molecule has 2 aromatic rings. The molecule has 0 bridgehead atoms. The Balaban J connectivity index is 1.76. The Kier molecular flexibility index (Phi) is 4.07. The van der Waals surface area contributed by atoms with Crippen LogP contribution in [0.15, 0.2) is 9.85 Å². The van der Waals surface area contributed by atoms with Crippen LogP contribution in [0.5, 0.6) is 0 Å². The van der Waals surface area contributed by atoms with E-state index in [-0.39, 0.29) is 0 Å². The molecular formula is C13H18BrN5S. The molecule has 0 radical (unpaired) electrons. The van der Waals surface area contributed by atoms with Gasteiger partial charge < -0.3 is 4.90 Å². The van der Waals surface area contributed by atoms with Gasteiger partial charge in [-0.1, -0.05) is 18.9 Å². The normalized spacial score (nSPS) is 14.9. The molecule has 1 aliphatic heterocycles. The van der Waals surface area contributed by atoms with Crippen LogP contribution in [0.1, 0.15) is 30.7 Å². The summed E-state index contributed by atoms with van der Waals surface area (Å²) in [5.41, 5.74) is 1.39. The van der Waals surface area contributed by atoms with Crippen molar-refractivity contribution in [3.05, 3.63) is 20.3 Å². The minimum atomic E-state index is 0.660. The van der Waals surface area contributed by atoms with Gasteiger partial charge in [-0.3, -0.25) is 0 Å². The molecule has 0 unspecified atom stereocenters. The van der Waals surface area contributed by atoms with Gasteiger partial charge in [0.25, 0.3) is 0 Å². The van der Waals surface area contributed by atoms with Crippen molar-refractivity contribution in [3.63, 3.8) is 0 Å². The smallest absolute Gasteiger partial charge is 0.245 e. The lowest BCUT2D eigenvalue weighted by Crippen LogP contribution is -2.32. The molecule has 20 heavy (non-hydrogen) atoms. The Morgan fingerprint density at radius 3 is 3.10 bits per heavy atom. The fourth-order valence-electron chi connectivity index (χ4n) is 2.42. The van der Waals surface area contributed by atoms with E-state index in [0.717, 1.165) is 38.4 Å². The highest BCUT2D eigenvalue weighted by atomic mass is 79.9. The molecule has 3 heterocycles. The summed E-state index contributed by atoms with van der Waals surface area (Å²) in [6.07, 6.45) is 2.17. The number of thiophene rings is 1. The van der Waals surface area contributed by atoms with Crippen LogP contribution in [0.2, 0.25) is 0 Å². The maximum Gasteiger partial charge on any atom is 0.245 e. The lowest BCUT2D eigenvalue weighted by Gasteiger charge is -2.27. The van der Waals surface area contributed by atoms with E-state index in [1.54, 1.807) is 0 Å². The Morgan fingerprint density at radius 1 is 1.45 bits per heavy atom. The van der Waals surface area contributed by atoms with Gasteiger partial charge in [0.2, 0.25) is 5.95 Å². The maximum atomic E-state index is 4.22. The molecule has 0 fully saturated rings. The number of tetrazole rings is 1. The largest absolute Gasteiger partial charge is 0.335 e. The van der Waals surface area contributed by atoms with Crippen LogP contribution < -0.4 is 4.90 Å². The van der Waals surface area contributed by atoms with Crippen molar-refractivity contribution in [1.82, 2.24) is 20.2 Å². The Hall–Kier alpha value is -0.950. The maximum absolute atomic E-state index is 4.22. The second-order valence-corrected chi connectivity index (χ2v) is 8.07. The number of fused-ring (bicyclic) bond motifs is 1. The van der Waals surface area contributed by atoms with Crippen LogP contribution in [-0.4, -0.2) is 26.8 Å². The van der Waals surface area contributed by atoms with Gasteiger partial charge in [-0.05, 0) is 56.7 Å². The molecule has 0 aliphatic carbocycles. The first-order valence-corrected chi connectivity index (χ1v) is 8.52. The SMILES string of the molecule is CC(C)CCn1nnnc1N1CCc2sc(Br)cc2C1. The van der Waals surface area contributed by atoms with Gasteiger partial charge in [-0.15, -0.1) is 11.3 Å². The molecule has 0 saturated heterocycles. The summed E-state index contributed by atoms with van der Waals surface area (Å²) in [5.74, 6) is 1.56.